The molecule has 1 aromatic heterocycles. The average molecular weight is 375 g/mol. The summed E-state index contributed by atoms with van der Waals surface area (Å²) in [5.41, 5.74) is 4.10. The zero-order valence-corrected chi connectivity index (χ0v) is 17.6. The molecule has 1 aromatic carbocycles. The summed E-state index contributed by atoms with van der Waals surface area (Å²) < 4.78 is 18.1. The number of hydrogen-bond acceptors (Lipinski definition) is 0. The van der Waals surface area contributed by atoms with E-state index >= 15 is 0 Å². The van der Waals surface area contributed by atoms with Crippen molar-refractivity contribution in [3.63, 3.8) is 0 Å². The standard InChI is InChI=1S/C20H29FGeN/c1-14(2)11-16-12-19(20-15(3)9-8-10-17(20)21)23(7)13-18(16)22(4,5)6/h8-10,12-14H,11H2,1-7H3/q+1. The molecule has 1 nitrogen and oxygen atoms in total. The fraction of sp³-hybridized carbons (Fsp3) is 0.450. The van der Waals surface area contributed by atoms with Crippen molar-refractivity contribution in [2.75, 3.05) is 0 Å². The molecule has 23 heavy (non-hydrogen) atoms. The van der Waals surface area contributed by atoms with Crippen molar-refractivity contribution in [1.82, 2.24) is 0 Å². The van der Waals surface area contributed by atoms with Crippen LogP contribution in [0.4, 0.5) is 4.39 Å². The summed E-state index contributed by atoms with van der Waals surface area (Å²) in [6.07, 6.45) is 3.32. The summed E-state index contributed by atoms with van der Waals surface area (Å²) in [7, 11) is 2.04. The van der Waals surface area contributed by atoms with Crippen molar-refractivity contribution in [3.8, 4) is 11.3 Å². The van der Waals surface area contributed by atoms with Crippen LogP contribution in [0.25, 0.3) is 11.3 Å². The summed E-state index contributed by atoms with van der Waals surface area (Å²) in [6, 6.07) is 7.55. The average Bonchev–Trinajstić information content (AvgIpc) is 2.39. The Morgan fingerprint density at radius 2 is 1.83 bits per heavy atom. The van der Waals surface area contributed by atoms with Gasteiger partial charge in [-0.2, -0.15) is 0 Å². The van der Waals surface area contributed by atoms with Crippen LogP contribution in [-0.2, 0) is 13.5 Å². The second kappa shape index (κ2) is 6.76. The molecule has 0 saturated heterocycles. The summed E-state index contributed by atoms with van der Waals surface area (Å²) >= 11 is -1.97. The Balaban J connectivity index is 2.72. The Bertz CT molecular complexity index is 694. The molecule has 124 valence electrons. The fourth-order valence-electron chi connectivity index (χ4n) is 3.18. The summed E-state index contributed by atoms with van der Waals surface area (Å²) in [6.45, 7) is 6.48. The van der Waals surface area contributed by atoms with Gasteiger partial charge in [-0.25, -0.2) is 0 Å². The molecule has 0 fully saturated rings. The summed E-state index contributed by atoms with van der Waals surface area (Å²) in [4.78, 5) is 0. The Morgan fingerprint density at radius 1 is 1.17 bits per heavy atom. The fourth-order valence-corrected chi connectivity index (χ4v) is 6.79. The second-order valence-corrected chi connectivity index (χ2v) is 18.6. The van der Waals surface area contributed by atoms with Gasteiger partial charge in [0.05, 0.1) is 0 Å². The first-order valence-corrected chi connectivity index (χ1v) is 15.7. The number of rotatable bonds is 4. The Labute approximate surface area is 142 Å². The van der Waals surface area contributed by atoms with Gasteiger partial charge in [-0.15, -0.1) is 0 Å². The molecule has 0 aliphatic rings. The molecule has 0 radical (unpaired) electrons. The molecule has 0 unspecified atom stereocenters. The van der Waals surface area contributed by atoms with Crippen LogP contribution in [0, 0.1) is 18.7 Å². The van der Waals surface area contributed by atoms with Gasteiger partial charge < -0.3 is 0 Å². The predicted octanol–water partition coefficient (Wildman–Crippen LogP) is 4.37. The number of hydrogen-bond donors (Lipinski definition) is 0. The first kappa shape index (κ1) is 18.2. The molecule has 0 bridgehead atoms. The van der Waals surface area contributed by atoms with Crippen molar-refractivity contribution in [2.24, 2.45) is 13.0 Å². The van der Waals surface area contributed by atoms with Gasteiger partial charge in [0.25, 0.3) is 0 Å². The second-order valence-electron chi connectivity index (χ2n) is 7.99. The van der Waals surface area contributed by atoms with E-state index in [1.807, 2.05) is 20.0 Å². The molecule has 0 aliphatic heterocycles. The number of nitrogens with zero attached hydrogens (tertiary/aromatic N) is 1. The molecule has 1 heterocycles. The van der Waals surface area contributed by atoms with Crippen LogP contribution in [0.15, 0.2) is 30.5 Å². The molecule has 3 heteroatoms. The zero-order valence-electron chi connectivity index (χ0n) is 15.5. The third-order valence-electron chi connectivity index (χ3n) is 4.27. The Kier molecular flexibility index (Phi) is 5.34. The summed E-state index contributed by atoms with van der Waals surface area (Å²) in [5, 5.41) is 0. The number of benzene rings is 1. The molecular weight excluding hydrogens is 346 g/mol. The van der Waals surface area contributed by atoms with E-state index < -0.39 is 13.3 Å². The molecule has 0 spiro atoms. The SMILES string of the molecule is Cc1cccc(F)c1-c1cc(CC(C)C)[c]([Ge]([CH3])([CH3])[CH3])c[n+]1C. The number of aryl methyl sites for hydroxylation is 2. The van der Waals surface area contributed by atoms with E-state index in [0.717, 1.165) is 23.2 Å². The van der Waals surface area contributed by atoms with Gasteiger partial charge in [0.1, 0.15) is 0 Å². The topological polar surface area (TPSA) is 3.88 Å². The van der Waals surface area contributed by atoms with Gasteiger partial charge in [-0.3, -0.25) is 0 Å². The van der Waals surface area contributed by atoms with E-state index in [1.54, 1.807) is 12.1 Å². The molecule has 2 rings (SSSR count). The van der Waals surface area contributed by atoms with Crippen LogP contribution in [0.3, 0.4) is 0 Å². The molecular formula is C20H29FGeN+. The molecule has 0 aliphatic carbocycles. The van der Waals surface area contributed by atoms with Crippen molar-refractivity contribution in [1.29, 1.82) is 0 Å². The number of aromatic nitrogens is 1. The van der Waals surface area contributed by atoms with Crippen LogP contribution in [0.2, 0.25) is 17.3 Å². The normalized spacial score (nSPS) is 12.0. The molecule has 0 amide bonds. The van der Waals surface area contributed by atoms with Crippen LogP contribution in [-0.4, -0.2) is 13.3 Å². The monoisotopic (exact) mass is 376 g/mol. The van der Waals surface area contributed by atoms with Gasteiger partial charge in [0.15, 0.2) is 0 Å². The van der Waals surface area contributed by atoms with Crippen LogP contribution in [0.1, 0.15) is 25.0 Å². The first-order chi connectivity index (χ1) is 10.6. The van der Waals surface area contributed by atoms with Gasteiger partial charge in [-0.1, -0.05) is 0 Å². The molecule has 0 atom stereocenters. The van der Waals surface area contributed by atoms with Crippen molar-refractivity contribution in [2.45, 2.75) is 44.5 Å². The van der Waals surface area contributed by atoms with Gasteiger partial charge in [-0.05, 0) is 0 Å². The van der Waals surface area contributed by atoms with Crippen molar-refractivity contribution in [3.05, 3.63) is 47.4 Å². The zero-order chi connectivity index (χ0) is 17.4. The van der Waals surface area contributed by atoms with Gasteiger partial charge >= 0.3 is 143 Å². The van der Waals surface area contributed by atoms with E-state index in [0.29, 0.717) is 5.92 Å². The third kappa shape index (κ3) is 4.03. The van der Waals surface area contributed by atoms with Crippen LogP contribution < -0.4 is 8.96 Å². The van der Waals surface area contributed by atoms with E-state index in [4.69, 9.17) is 0 Å². The van der Waals surface area contributed by atoms with Gasteiger partial charge in [0.2, 0.25) is 0 Å². The summed E-state index contributed by atoms with van der Waals surface area (Å²) in [5.74, 6) is 7.73. The van der Waals surface area contributed by atoms with E-state index in [1.165, 1.54) is 9.96 Å². The van der Waals surface area contributed by atoms with Crippen LogP contribution >= 0.6 is 0 Å². The third-order valence-corrected chi connectivity index (χ3v) is 8.61. The minimum atomic E-state index is -1.97. The number of pyridine rings is 1. The van der Waals surface area contributed by atoms with Crippen molar-refractivity contribution >= 4 is 17.7 Å². The van der Waals surface area contributed by atoms with Gasteiger partial charge in [0, 0.05) is 0 Å². The number of halogens is 1. The maximum atomic E-state index is 14.4. The maximum absolute atomic E-state index is 14.4. The van der Waals surface area contributed by atoms with E-state index in [9.17, 15) is 4.39 Å². The van der Waals surface area contributed by atoms with Crippen molar-refractivity contribution < 1.29 is 8.96 Å². The minimum absolute atomic E-state index is 0.138. The van der Waals surface area contributed by atoms with Crippen LogP contribution in [0.5, 0.6) is 0 Å². The Hall–Kier alpha value is -1.16. The molecule has 0 saturated carbocycles. The predicted molar refractivity (Wildman–Crippen MR) is 99.3 cm³/mol. The molecule has 0 N–H and O–H groups in total. The quantitative estimate of drug-likeness (QED) is 0.552. The van der Waals surface area contributed by atoms with E-state index in [2.05, 4.69) is 47.9 Å². The first-order valence-electron chi connectivity index (χ1n) is 8.39. The van der Waals surface area contributed by atoms with E-state index in [-0.39, 0.29) is 5.82 Å². The molecule has 2 aromatic rings. The Morgan fingerprint density at radius 3 is 2.35 bits per heavy atom.